The number of nitrogens with one attached hydrogen (secondary N) is 2. The SMILES string of the molecule is CC12N=CNN1C(c1ccccc1)=C(C(=O)NC1CCCCC1)O2. The molecule has 1 aliphatic carbocycles. The fourth-order valence-corrected chi connectivity index (χ4v) is 3.58. The molecular weight excluding hydrogens is 304 g/mol. The largest absolute Gasteiger partial charge is 0.439 e. The molecule has 0 aromatic heterocycles. The first-order valence-corrected chi connectivity index (χ1v) is 8.57. The number of aliphatic imine (C=N–C) groups is 1. The molecule has 1 aromatic rings. The molecule has 2 N–H and O–H groups in total. The summed E-state index contributed by atoms with van der Waals surface area (Å²) in [5.41, 5.74) is 4.72. The summed E-state index contributed by atoms with van der Waals surface area (Å²) < 4.78 is 5.98. The maximum Gasteiger partial charge on any atom is 0.297 e. The molecule has 0 saturated heterocycles. The predicted octanol–water partition coefficient (Wildman–Crippen LogP) is 2.36. The first-order valence-electron chi connectivity index (χ1n) is 8.57. The van der Waals surface area contributed by atoms with E-state index in [1.807, 2.05) is 37.3 Å². The Labute approximate surface area is 141 Å². The fraction of sp³-hybridized carbons (Fsp3) is 0.444. The highest BCUT2D eigenvalue weighted by atomic mass is 16.6. The van der Waals surface area contributed by atoms with Crippen LogP contribution in [0.1, 0.15) is 44.6 Å². The van der Waals surface area contributed by atoms with Gasteiger partial charge < -0.3 is 10.1 Å². The Balaban J connectivity index is 1.65. The van der Waals surface area contributed by atoms with Gasteiger partial charge >= 0.3 is 0 Å². The monoisotopic (exact) mass is 326 g/mol. The minimum atomic E-state index is -0.912. The molecule has 6 nitrogen and oxygen atoms in total. The Morgan fingerprint density at radius 1 is 1.29 bits per heavy atom. The van der Waals surface area contributed by atoms with Crippen molar-refractivity contribution < 1.29 is 9.53 Å². The highest BCUT2D eigenvalue weighted by molar-refractivity contribution is 6.00. The smallest absolute Gasteiger partial charge is 0.297 e. The lowest BCUT2D eigenvalue weighted by atomic mass is 9.95. The number of carbonyl (C=O) groups excluding carboxylic acids is 1. The van der Waals surface area contributed by atoms with Crippen LogP contribution in [0.5, 0.6) is 0 Å². The van der Waals surface area contributed by atoms with E-state index in [9.17, 15) is 4.79 Å². The van der Waals surface area contributed by atoms with Gasteiger partial charge in [0, 0.05) is 18.5 Å². The summed E-state index contributed by atoms with van der Waals surface area (Å²) in [6.45, 7) is 1.84. The van der Waals surface area contributed by atoms with Crippen molar-refractivity contribution in [3.05, 3.63) is 41.7 Å². The highest BCUT2D eigenvalue weighted by Crippen LogP contribution is 2.40. The number of hydrogen-bond acceptors (Lipinski definition) is 5. The van der Waals surface area contributed by atoms with Gasteiger partial charge in [0.1, 0.15) is 12.0 Å². The van der Waals surface area contributed by atoms with Crippen LogP contribution in [0.15, 0.2) is 41.1 Å². The van der Waals surface area contributed by atoms with Gasteiger partial charge in [-0.1, -0.05) is 49.6 Å². The van der Waals surface area contributed by atoms with Crippen molar-refractivity contribution in [2.75, 3.05) is 0 Å². The zero-order chi connectivity index (χ0) is 16.6. The van der Waals surface area contributed by atoms with E-state index >= 15 is 0 Å². The molecule has 1 unspecified atom stereocenters. The van der Waals surface area contributed by atoms with Crippen molar-refractivity contribution in [2.45, 2.75) is 50.9 Å². The zero-order valence-corrected chi connectivity index (χ0v) is 13.8. The Hall–Kier alpha value is -2.50. The number of benzene rings is 1. The molecule has 1 aromatic carbocycles. The van der Waals surface area contributed by atoms with Crippen LogP contribution in [0.4, 0.5) is 0 Å². The summed E-state index contributed by atoms with van der Waals surface area (Å²) in [6, 6.07) is 10.0. The summed E-state index contributed by atoms with van der Waals surface area (Å²) in [6.07, 6.45) is 7.27. The van der Waals surface area contributed by atoms with Crippen LogP contribution in [0.3, 0.4) is 0 Å². The third-order valence-electron chi connectivity index (χ3n) is 4.83. The van der Waals surface area contributed by atoms with E-state index in [1.165, 1.54) is 19.3 Å². The van der Waals surface area contributed by atoms with Crippen LogP contribution in [-0.2, 0) is 9.53 Å². The number of rotatable bonds is 3. The summed E-state index contributed by atoms with van der Waals surface area (Å²) in [5.74, 6) is -0.739. The number of ether oxygens (including phenoxy) is 1. The molecule has 1 saturated carbocycles. The second-order valence-electron chi connectivity index (χ2n) is 6.61. The molecular formula is C18H22N4O2. The third kappa shape index (κ3) is 2.52. The van der Waals surface area contributed by atoms with E-state index in [2.05, 4.69) is 15.7 Å². The van der Waals surface area contributed by atoms with Gasteiger partial charge in [0.25, 0.3) is 11.8 Å². The number of fused-ring (bicyclic) bond motifs is 1. The van der Waals surface area contributed by atoms with E-state index in [4.69, 9.17) is 4.74 Å². The minimum absolute atomic E-state index is 0.159. The number of amides is 1. The van der Waals surface area contributed by atoms with E-state index < -0.39 is 5.85 Å². The van der Waals surface area contributed by atoms with Crippen LogP contribution in [0, 0.1) is 0 Å². The van der Waals surface area contributed by atoms with Crippen LogP contribution in [-0.4, -0.2) is 29.1 Å². The molecule has 1 atom stereocenters. The Kier molecular flexibility index (Phi) is 3.67. The second-order valence-corrected chi connectivity index (χ2v) is 6.61. The molecule has 0 spiro atoms. The third-order valence-corrected chi connectivity index (χ3v) is 4.83. The first kappa shape index (κ1) is 15.1. The van der Waals surface area contributed by atoms with Crippen molar-refractivity contribution in [1.29, 1.82) is 0 Å². The summed E-state index contributed by atoms with van der Waals surface area (Å²) in [7, 11) is 0. The summed E-state index contributed by atoms with van der Waals surface area (Å²) >= 11 is 0. The van der Waals surface area contributed by atoms with Gasteiger partial charge in [0.15, 0.2) is 0 Å². The van der Waals surface area contributed by atoms with Gasteiger partial charge in [-0.25, -0.2) is 10.0 Å². The number of nitrogens with zero attached hydrogens (tertiary/aromatic N) is 2. The Morgan fingerprint density at radius 3 is 2.79 bits per heavy atom. The predicted molar refractivity (Wildman–Crippen MR) is 91.3 cm³/mol. The molecule has 3 aliphatic rings. The average Bonchev–Trinajstić information content (AvgIpc) is 3.10. The average molecular weight is 326 g/mol. The highest BCUT2D eigenvalue weighted by Gasteiger charge is 2.49. The van der Waals surface area contributed by atoms with Crippen molar-refractivity contribution in [3.63, 3.8) is 0 Å². The maximum atomic E-state index is 12.9. The molecule has 24 heavy (non-hydrogen) atoms. The second kappa shape index (κ2) is 5.85. The van der Waals surface area contributed by atoms with Gasteiger partial charge in [0.2, 0.25) is 5.76 Å². The normalized spacial score (nSPS) is 26.1. The standard InChI is InChI=1S/C18H22N4O2/c1-18-19-12-20-22(18)15(13-8-4-2-5-9-13)16(24-18)17(23)21-14-10-6-3-7-11-14/h2,4-5,8-9,12,14H,3,6-7,10-11H2,1H3,(H,19,20)(H,21,23). The molecule has 126 valence electrons. The summed E-state index contributed by atoms with van der Waals surface area (Å²) in [5, 5.41) is 4.94. The topological polar surface area (TPSA) is 66.0 Å². The molecule has 2 heterocycles. The fourth-order valence-electron chi connectivity index (χ4n) is 3.58. The van der Waals surface area contributed by atoms with Crippen LogP contribution in [0.2, 0.25) is 0 Å². The van der Waals surface area contributed by atoms with Crippen LogP contribution < -0.4 is 10.7 Å². The van der Waals surface area contributed by atoms with Gasteiger partial charge in [-0.3, -0.25) is 10.2 Å². The molecule has 1 fully saturated rings. The van der Waals surface area contributed by atoms with Gasteiger partial charge in [0.05, 0.1) is 0 Å². The molecule has 6 heteroatoms. The quantitative estimate of drug-likeness (QED) is 0.895. The summed E-state index contributed by atoms with van der Waals surface area (Å²) in [4.78, 5) is 17.2. The molecule has 4 rings (SSSR count). The van der Waals surface area contributed by atoms with Crippen molar-refractivity contribution in [1.82, 2.24) is 15.8 Å². The van der Waals surface area contributed by atoms with E-state index in [0.717, 1.165) is 24.1 Å². The van der Waals surface area contributed by atoms with Crippen LogP contribution in [0.25, 0.3) is 5.70 Å². The lowest BCUT2D eigenvalue weighted by molar-refractivity contribution is -0.126. The van der Waals surface area contributed by atoms with Gasteiger partial charge in [-0.05, 0) is 12.8 Å². The Morgan fingerprint density at radius 2 is 2.04 bits per heavy atom. The molecule has 1 amide bonds. The zero-order valence-electron chi connectivity index (χ0n) is 13.8. The van der Waals surface area contributed by atoms with E-state index in [1.54, 1.807) is 11.3 Å². The lowest BCUT2D eigenvalue weighted by Crippen LogP contribution is -2.42. The maximum absolute atomic E-state index is 12.9. The van der Waals surface area contributed by atoms with Gasteiger partial charge in [-0.2, -0.15) is 0 Å². The molecule has 0 bridgehead atoms. The first-order chi connectivity index (χ1) is 11.7. The van der Waals surface area contributed by atoms with Crippen molar-refractivity contribution in [2.24, 2.45) is 4.99 Å². The Bertz CT molecular complexity index is 694. The lowest BCUT2D eigenvalue weighted by Gasteiger charge is -2.26. The number of hydrazine groups is 1. The minimum Gasteiger partial charge on any atom is -0.439 e. The van der Waals surface area contributed by atoms with Gasteiger partial charge in [-0.15, -0.1) is 0 Å². The number of carbonyl (C=O) groups is 1. The van der Waals surface area contributed by atoms with Crippen molar-refractivity contribution in [3.8, 4) is 0 Å². The molecule has 0 radical (unpaired) electrons. The van der Waals surface area contributed by atoms with Crippen molar-refractivity contribution >= 4 is 17.9 Å². The van der Waals surface area contributed by atoms with E-state index in [0.29, 0.717) is 5.76 Å². The number of hydrogen-bond donors (Lipinski definition) is 2. The van der Waals surface area contributed by atoms with E-state index in [-0.39, 0.29) is 11.9 Å². The molecule has 2 aliphatic heterocycles. The van der Waals surface area contributed by atoms with Crippen LogP contribution >= 0.6 is 0 Å².